The van der Waals surface area contributed by atoms with Crippen LogP contribution in [0.5, 0.6) is 0 Å². The second kappa shape index (κ2) is 5.27. The fourth-order valence-electron chi connectivity index (χ4n) is 1.04. The molecule has 0 saturated carbocycles. The van der Waals surface area contributed by atoms with Gasteiger partial charge in [0.2, 0.25) is 0 Å². The second-order valence-electron chi connectivity index (χ2n) is 2.86. The van der Waals surface area contributed by atoms with E-state index >= 15 is 0 Å². The lowest BCUT2D eigenvalue weighted by atomic mass is 10.3. The monoisotopic (exact) mass is 184 g/mol. The Morgan fingerprint density at radius 1 is 1.50 bits per heavy atom. The zero-order valence-corrected chi connectivity index (χ0v) is 8.58. The number of thiazole rings is 1. The summed E-state index contributed by atoms with van der Waals surface area (Å²) in [5.41, 5.74) is 1.22. The molecular weight excluding hydrogens is 168 g/mol. The molecular formula is C9H16N2S. The zero-order valence-electron chi connectivity index (χ0n) is 7.76. The van der Waals surface area contributed by atoms with Crippen LogP contribution in [0, 0.1) is 6.92 Å². The molecule has 68 valence electrons. The summed E-state index contributed by atoms with van der Waals surface area (Å²) in [5, 5.41) is 6.67. The van der Waals surface area contributed by atoms with E-state index in [1.807, 2.05) is 6.92 Å². The molecule has 0 aliphatic carbocycles. The third kappa shape index (κ3) is 3.32. The molecule has 0 atom stereocenters. The number of aromatic nitrogens is 1. The molecule has 12 heavy (non-hydrogen) atoms. The molecule has 1 aromatic rings. The summed E-state index contributed by atoms with van der Waals surface area (Å²) in [5.74, 6) is 0. The van der Waals surface area contributed by atoms with Crippen molar-refractivity contribution in [3.8, 4) is 0 Å². The molecule has 0 saturated heterocycles. The van der Waals surface area contributed by atoms with Crippen molar-refractivity contribution in [2.45, 2.75) is 26.7 Å². The quantitative estimate of drug-likeness (QED) is 0.708. The SMILES string of the molecule is CCCNCCc1csc(C)n1. The van der Waals surface area contributed by atoms with Crippen molar-refractivity contribution in [1.82, 2.24) is 10.3 Å². The summed E-state index contributed by atoms with van der Waals surface area (Å²) in [7, 11) is 0. The number of rotatable bonds is 5. The van der Waals surface area contributed by atoms with Crippen LogP contribution in [0.3, 0.4) is 0 Å². The van der Waals surface area contributed by atoms with Crippen molar-refractivity contribution in [3.63, 3.8) is 0 Å². The minimum atomic E-state index is 1.05. The van der Waals surface area contributed by atoms with Crippen LogP contribution in [-0.2, 0) is 6.42 Å². The lowest BCUT2D eigenvalue weighted by molar-refractivity contribution is 0.666. The molecule has 0 unspecified atom stereocenters. The van der Waals surface area contributed by atoms with Gasteiger partial charge in [0.15, 0.2) is 0 Å². The Morgan fingerprint density at radius 2 is 2.33 bits per heavy atom. The van der Waals surface area contributed by atoms with Crippen LogP contribution in [0.25, 0.3) is 0 Å². The summed E-state index contributed by atoms with van der Waals surface area (Å²) in [4.78, 5) is 4.39. The Labute approximate surface area is 78.0 Å². The molecule has 0 fully saturated rings. The van der Waals surface area contributed by atoms with Gasteiger partial charge in [0, 0.05) is 18.3 Å². The van der Waals surface area contributed by atoms with Gasteiger partial charge in [-0.25, -0.2) is 4.98 Å². The molecule has 1 aromatic heterocycles. The number of aryl methyl sites for hydroxylation is 1. The maximum atomic E-state index is 4.39. The number of nitrogens with zero attached hydrogens (tertiary/aromatic N) is 1. The number of hydrogen-bond acceptors (Lipinski definition) is 3. The molecule has 0 aromatic carbocycles. The van der Waals surface area contributed by atoms with Crippen LogP contribution >= 0.6 is 11.3 Å². The lowest BCUT2D eigenvalue weighted by Gasteiger charge is -1.99. The third-order valence-corrected chi connectivity index (χ3v) is 2.47. The van der Waals surface area contributed by atoms with Crippen LogP contribution in [-0.4, -0.2) is 18.1 Å². The van der Waals surface area contributed by atoms with Crippen LogP contribution in [0.4, 0.5) is 0 Å². The maximum absolute atomic E-state index is 4.39. The third-order valence-electron chi connectivity index (χ3n) is 1.65. The smallest absolute Gasteiger partial charge is 0.0897 e. The van der Waals surface area contributed by atoms with Crippen LogP contribution in [0.2, 0.25) is 0 Å². The summed E-state index contributed by atoms with van der Waals surface area (Å²) in [6.07, 6.45) is 2.26. The topological polar surface area (TPSA) is 24.9 Å². The van der Waals surface area contributed by atoms with Crippen molar-refractivity contribution in [2.24, 2.45) is 0 Å². The van der Waals surface area contributed by atoms with Gasteiger partial charge in [-0.3, -0.25) is 0 Å². The highest BCUT2D eigenvalue weighted by Crippen LogP contribution is 2.07. The Balaban J connectivity index is 2.15. The van der Waals surface area contributed by atoms with E-state index in [0.717, 1.165) is 19.5 Å². The van der Waals surface area contributed by atoms with E-state index in [2.05, 4.69) is 22.6 Å². The van der Waals surface area contributed by atoms with E-state index in [4.69, 9.17) is 0 Å². The van der Waals surface area contributed by atoms with Crippen molar-refractivity contribution in [2.75, 3.05) is 13.1 Å². The predicted molar refractivity (Wildman–Crippen MR) is 53.7 cm³/mol. The van der Waals surface area contributed by atoms with Crippen molar-refractivity contribution >= 4 is 11.3 Å². The molecule has 0 bridgehead atoms. The van der Waals surface area contributed by atoms with Crippen LogP contribution in [0.15, 0.2) is 5.38 Å². The van der Waals surface area contributed by atoms with Gasteiger partial charge in [0.05, 0.1) is 10.7 Å². The van der Waals surface area contributed by atoms with Gasteiger partial charge < -0.3 is 5.32 Å². The molecule has 0 radical (unpaired) electrons. The molecule has 1 rings (SSSR count). The molecule has 0 aliphatic heterocycles. The molecule has 3 heteroatoms. The van der Waals surface area contributed by atoms with Gasteiger partial charge >= 0.3 is 0 Å². The van der Waals surface area contributed by atoms with Gasteiger partial charge in [0.25, 0.3) is 0 Å². The van der Waals surface area contributed by atoms with E-state index in [9.17, 15) is 0 Å². The molecule has 2 nitrogen and oxygen atoms in total. The molecule has 1 N–H and O–H groups in total. The first kappa shape index (κ1) is 9.68. The number of hydrogen-bond donors (Lipinski definition) is 1. The standard InChI is InChI=1S/C9H16N2S/c1-3-5-10-6-4-9-7-12-8(2)11-9/h7,10H,3-6H2,1-2H3. The number of nitrogens with one attached hydrogen (secondary N) is 1. The van der Waals surface area contributed by atoms with E-state index in [0.29, 0.717) is 0 Å². The molecule has 0 aliphatic rings. The van der Waals surface area contributed by atoms with E-state index in [1.54, 1.807) is 11.3 Å². The van der Waals surface area contributed by atoms with Crippen LogP contribution < -0.4 is 5.32 Å². The fraction of sp³-hybridized carbons (Fsp3) is 0.667. The highest BCUT2D eigenvalue weighted by Gasteiger charge is 1.96. The summed E-state index contributed by atoms with van der Waals surface area (Å²) in [6.45, 7) is 6.40. The van der Waals surface area contributed by atoms with Gasteiger partial charge in [-0.2, -0.15) is 0 Å². The average Bonchev–Trinajstić information content (AvgIpc) is 2.45. The van der Waals surface area contributed by atoms with Gasteiger partial charge in [-0.15, -0.1) is 11.3 Å². The summed E-state index contributed by atoms with van der Waals surface area (Å²) < 4.78 is 0. The minimum absolute atomic E-state index is 1.05. The normalized spacial score (nSPS) is 10.5. The first-order valence-electron chi connectivity index (χ1n) is 4.44. The molecule has 0 amide bonds. The lowest BCUT2D eigenvalue weighted by Crippen LogP contribution is -2.17. The fourth-order valence-corrected chi connectivity index (χ4v) is 1.69. The summed E-state index contributed by atoms with van der Waals surface area (Å²) >= 11 is 1.73. The van der Waals surface area contributed by atoms with E-state index in [1.165, 1.54) is 17.1 Å². The van der Waals surface area contributed by atoms with Crippen molar-refractivity contribution < 1.29 is 0 Å². The van der Waals surface area contributed by atoms with Crippen molar-refractivity contribution in [1.29, 1.82) is 0 Å². The molecule has 0 spiro atoms. The summed E-state index contributed by atoms with van der Waals surface area (Å²) in [6, 6.07) is 0. The average molecular weight is 184 g/mol. The van der Waals surface area contributed by atoms with Crippen molar-refractivity contribution in [3.05, 3.63) is 16.1 Å². The Morgan fingerprint density at radius 3 is 2.92 bits per heavy atom. The van der Waals surface area contributed by atoms with E-state index < -0.39 is 0 Å². The van der Waals surface area contributed by atoms with Crippen LogP contribution in [0.1, 0.15) is 24.0 Å². The van der Waals surface area contributed by atoms with E-state index in [-0.39, 0.29) is 0 Å². The largest absolute Gasteiger partial charge is 0.316 e. The minimum Gasteiger partial charge on any atom is -0.316 e. The first-order valence-corrected chi connectivity index (χ1v) is 5.32. The second-order valence-corrected chi connectivity index (χ2v) is 3.92. The Bertz CT molecular complexity index is 220. The zero-order chi connectivity index (χ0) is 8.81. The molecule has 1 heterocycles. The predicted octanol–water partition coefficient (Wildman–Crippen LogP) is 1.99. The first-order chi connectivity index (χ1) is 5.83. The van der Waals surface area contributed by atoms with Gasteiger partial charge in [-0.05, 0) is 19.9 Å². The van der Waals surface area contributed by atoms with Gasteiger partial charge in [-0.1, -0.05) is 6.92 Å². The Hall–Kier alpha value is -0.410. The highest BCUT2D eigenvalue weighted by molar-refractivity contribution is 7.09. The Kier molecular flexibility index (Phi) is 4.25. The maximum Gasteiger partial charge on any atom is 0.0897 e. The highest BCUT2D eigenvalue weighted by atomic mass is 32.1. The van der Waals surface area contributed by atoms with Gasteiger partial charge in [0.1, 0.15) is 0 Å².